The van der Waals surface area contributed by atoms with Gasteiger partial charge in [0.15, 0.2) is 11.5 Å². The van der Waals surface area contributed by atoms with Crippen molar-refractivity contribution in [1.29, 1.82) is 0 Å². The minimum absolute atomic E-state index is 0.0432. The minimum Gasteiger partial charge on any atom is -0.481 e. The van der Waals surface area contributed by atoms with Crippen LogP contribution >= 0.6 is 0 Å². The van der Waals surface area contributed by atoms with Gasteiger partial charge in [-0.3, -0.25) is 33.1 Å². The second-order valence-electron chi connectivity index (χ2n) is 29.7. The third-order valence-electron chi connectivity index (χ3n) is 20.7. The molecule has 0 bridgehead atoms. The standard InChI is InChI=1S/C85H108N6O16S2/c1-7-9-23-53-91-74-45-42-68(109(104,105)106)58-70(74)85(5,6)77(91)47-38-63-31-24-30-62(37-46-76-84(3,4)69-57-67(108(101,102)103)41-44-73(69)90(76)52-10-8-2)80(63)107-66-39-35-59(36-40-66)49-51-86-81(97)64(54-60-26-17-15-18-27-60)56-75(93)72(55-61-28-19-16-20-29-61)88-78(94)34-22-14-12-11-13-21-32-65(92)33-25-50-87-83(100)89-71(82(98)99)43-48-79(95)96/h15-20,26-29,35-42,44-47,57-58,64,71-72H,7-14,21-25,30-34,43,48-56H2,1-6H3,(H7-,86,87,88,89,94,95,96,97,98,99,100,101,102,103,104,105,106)/p+1/t64-,71-,72+/m1/s1. The molecule has 3 atom stereocenters. The zero-order valence-corrected chi connectivity index (χ0v) is 65.4. The van der Waals surface area contributed by atoms with Gasteiger partial charge in [0.1, 0.15) is 29.9 Å². The SMILES string of the molecule is CCCCC[N+]1=C(/C=C/C2=C(Oc3ccc(CCNC(=O)[C@@H](CC(=O)[C@H](Cc4ccccc4)NC(=O)CCCCCCCCC(=O)CCCNC(=O)N[C@H](CCC(=O)O)C(=O)O)Cc4ccccc4)cc3)C(=C/C=C3/N(CCCC)c4ccc(S(=O)(=O)O)cc4C3(C)C)/CCC2)C(C)(C)c2cc(S(=O)(=O)O)ccc21. The molecule has 5 aromatic rings. The number of ether oxygens (including phenoxy) is 1. The molecule has 109 heavy (non-hydrogen) atoms. The van der Waals surface area contributed by atoms with E-state index in [1.54, 1.807) is 24.3 Å². The Morgan fingerprint density at radius 1 is 0.606 bits per heavy atom. The number of carbonyl (C=O) groups excluding carboxylic acids is 5. The third kappa shape index (κ3) is 24.8. The molecule has 0 unspecified atom stereocenters. The maximum Gasteiger partial charge on any atom is 0.326 e. The predicted octanol–water partition coefficient (Wildman–Crippen LogP) is 14.5. The van der Waals surface area contributed by atoms with E-state index < -0.39 is 73.5 Å². The van der Waals surface area contributed by atoms with Crippen molar-refractivity contribution in [3.8, 4) is 5.75 Å². The first-order valence-corrected chi connectivity index (χ1v) is 41.3. The van der Waals surface area contributed by atoms with Crippen LogP contribution in [0.15, 0.2) is 178 Å². The zero-order chi connectivity index (χ0) is 78.9. The Morgan fingerprint density at radius 3 is 1.87 bits per heavy atom. The van der Waals surface area contributed by atoms with Crippen molar-refractivity contribution in [2.45, 2.75) is 228 Å². The summed E-state index contributed by atoms with van der Waals surface area (Å²) in [6.07, 6.45) is 21.3. The van der Waals surface area contributed by atoms with Crippen molar-refractivity contribution in [1.82, 2.24) is 21.3 Å². The first kappa shape index (κ1) is 85.3. The molecule has 586 valence electrons. The number of nitrogens with one attached hydrogen (secondary N) is 4. The molecule has 0 saturated heterocycles. The fourth-order valence-electron chi connectivity index (χ4n) is 14.5. The van der Waals surface area contributed by atoms with Crippen LogP contribution in [-0.2, 0) is 79.1 Å². The lowest BCUT2D eigenvalue weighted by Crippen LogP contribution is -2.46. The molecule has 0 saturated carbocycles. The fraction of sp³-hybridized carbons (Fsp3) is 0.459. The van der Waals surface area contributed by atoms with Gasteiger partial charge in [-0.1, -0.05) is 145 Å². The summed E-state index contributed by atoms with van der Waals surface area (Å²) in [4.78, 5) is 91.4. The lowest BCUT2D eigenvalue weighted by atomic mass is 9.81. The van der Waals surface area contributed by atoms with Crippen molar-refractivity contribution in [2.24, 2.45) is 5.92 Å². The Bertz CT molecular complexity index is 4430. The number of Topliss-reactive ketones (excluding diaryl/α,β-unsaturated/α-hetero) is 2. The summed E-state index contributed by atoms with van der Waals surface area (Å²) in [5, 5.41) is 29.0. The Morgan fingerprint density at radius 2 is 1.23 bits per heavy atom. The Balaban J connectivity index is 0.931. The van der Waals surface area contributed by atoms with E-state index in [9.17, 15) is 64.6 Å². The summed E-state index contributed by atoms with van der Waals surface area (Å²) in [5.41, 5.74) is 8.47. The van der Waals surface area contributed by atoms with Crippen LogP contribution in [-0.4, -0.2) is 126 Å². The van der Waals surface area contributed by atoms with Gasteiger partial charge in [0.05, 0.1) is 21.2 Å². The quantitative estimate of drug-likeness (QED) is 0.0102. The number of amides is 4. The second kappa shape index (κ2) is 40.4. The second-order valence-corrected chi connectivity index (χ2v) is 32.6. The Kier molecular flexibility index (Phi) is 31.6. The number of benzene rings is 5. The topological polar surface area (TPSA) is 332 Å². The van der Waals surface area contributed by atoms with E-state index in [4.69, 9.17) is 9.84 Å². The monoisotopic (exact) mass is 1530 g/mol. The van der Waals surface area contributed by atoms with Gasteiger partial charge in [-0.25, -0.2) is 9.59 Å². The molecule has 0 radical (unpaired) electrons. The van der Waals surface area contributed by atoms with Crippen molar-refractivity contribution >= 4 is 78.7 Å². The molecule has 22 nitrogen and oxygen atoms in total. The number of urea groups is 1. The number of unbranched alkanes of at least 4 members (excludes halogenated alkanes) is 8. The fourth-order valence-corrected chi connectivity index (χ4v) is 15.6. The molecule has 0 fully saturated rings. The van der Waals surface area contributed by atoms with Crippen molar-refractivity contribution < 1.29 is 79.0 Å². The maximum atomic E-state index is 14.6. The number of ketones is 2. The highest BCUT2D eigenvalue weighted by molar-refractivity contribution is 7.86. The molecule has 8 rings (SSSR count). The van der Waals surface area contributed by atoms with E-state index in [1.807, 2.05) is 84.9 Å². The summed E-state index contributed by atoms with van der Waals surface area (Å²) < 4.78 is 79.5. The number of carboxylic acids is 2. The van der Waals surface area contributed by atoms with E-state index in [2.05, 4.69) is 96.6 Å². The van der Waals surface area contributed by atoms with Crippen LogP contribution in [0.4, 0.5) is 16.2 Å². The summed E-state index contributed by atoms with van der Waals surface area (Å²) in [6.45, 7) is 14.3. The molecule has 2 heterocycles. The molecule has 5 aromatic carbocycles. The molecule has 2 aliphatic heterocycles. The molecular weight excluding hydrogens is 1430 g/mol. The van der Waals surface area contributed by atoms with Gasteiger partial charge < -0.3 is 41.1 Å². The van der Waals surface area contributed by atoms with Crippen molar-refractivity contribution in [3.63, 3.8) is 0 Å². The Labute approximate surface area is 642 Å². The molecule has 0 aromatic heterocycles. The highest BCUT2D eigenvalue weighted by Gasteiger charge is 2.45. The van der Waals surface area contributed by atoms with Gasteiger partial charge in [-0.15, -0.1) is 0 Å². The molecular formula is C85H109N6O16S2+. The summed E-state index contributed by atoms with van der Waals surface area (Å²) >= 11 is 0. The number of allylic oxidation sites excluding steroid dienone is 7. The predicted molar refractivity (Wildman–Crippen MR) is 421 cm³/mol. The number of hydrogen-bond acceptors (Lipinski definition) is 13. The first-order valence-electron chi connectivity index (χ1n) is 38.4. The van der Waals surface area contributed by atoms with E-state index >= 15 is 0 Å². The third-order valence-corrected chi connectivity index (χ3v) is 22.4. The maximum absolute atomic E-state index is 14.6. The summed E-state index contributed by atoms with van der Waals surface area (Å²) in [6, 6.07) is 33.3. The first-order chi connectivity index (χ1) is 52.0. The van der Waals surface area contributed by atoms with Gasteiger partial charge >= 0.3 is 18.0 Å². The van der Waals surface area contributed by atoms with Gasteiger partial charge in [-0.2, -0.15) is 21.4 Å². The van der Waals surface area contributed by atoms with Gasteiger partial charge in [0, 0.05) is 98.6 Å². The number of nitrogens with zero attached hydrogens (tertiary/aromatic N) is 2. The number of fused-ring (bicyclic) bond motifs is 2. The number of carboxylic acid groups (broad SMARTS) is 2. The van der Waals surface area contributed by atoms with Crippen LogP contribution in [0.1, 0.15) is 204 Å². The number of rotatable bonds is 44. The smallest absolute Gasteiger partial charge is 0.326 e. The van der Waals surface area contributed by atoms with E-state index in [0.717, 1.165) is 126 Å². The van der Waals surface area contributed by atoms with Crippen LogP contribution in [0.25, 0.3) is 0 Å². The average Bonchev–Trinajstić information content (AvgIpc) is 1.59. The summed E-state index contributed by atoms with van der Waals surface area (Å²) in [7, 11) is -8.96. The molecule has 0 spiro atoms. The highest BCUT2D eigenvalue weighted by atomic mass is 32.2. The van der Waals surface area contributed by atoms with Crippen LogP contribution in [0, 0.1) is 5.92 Å². The van der Waals surface area contributed by atoms with Crippen molar-refractivity contribution in [3.05, 3.63) is 196 Å². The molecule has 4 amide bonds. The zero-order valence-electron chi connectivity index (χ0n) is 63.8. The number of anilines is 1. The lowest BCUT2D eigenvalue weighted by molar-refractivity contribution is -0.438. The van der Waals surface area contributed by atoms with Crippen molar-refractivity contribution in [2.75, 3.05) is 31.1 Å². The van der Waals surface area contributed by atoms with Crippen LogP contribution in [0.3, 0.4) is 0 Å². The largest absolute Gasteiger partial charge is 0.481 e. The van der Waals surface area contributed by atoms with Crippen LogP contribution in [0.2, 0.25) is 0 Å². The Hall–Kier alpha value is -9.36. The van der Waals surface area contributed by atoms with E-state index in [-0.39, 0.29) is 78.4 Å². The van der Waals surface area contributed by atoms with Gasteiger partial charge in [0.25, 0.3) is 20.2 Å². The minimum atomic E-state index is -4.48. The van der Waals surface area contributed by atoms with Gasteiger partial charge in [0.2, 0.25) is 17.5 Å². The van der Waals surface area contributed by atoms with E-state index in [0.29, 0.717) is 76.0 Å². The van der Waals surface area contributed by atoms with Gasteiger partial charge in [-0.05, 0) is 179 Å². The summed E-state index contributed by atoms with van der Waals surface area (Å²) in [5.74, 6) is -2.79. The number of aliphatic carboxylic acids is 2. The number of carbonyl (C=O) groups is 7. The lowest BCUT2D eigenvalue weighted by Gasteiger charge is -2.27. The molecule has 3 aliphatic rings. The van der Waals surface area contributed by atoms with Crippen LogP contribution < -0.4 is 30.9 Å². The normalized spacial score (nSPS) is 16.2. The molecule has 24 heteroatoms. The van der Waals surface area contributed by atoms with Crippen LogP contribution in [0.5, 0.6) is 5.75 Å². The molecule has 1 aliphatic carbocycles. The average molecular weight is 1530 g/mol. The number of hydrogen-bond donors (Lipinski definition) is 8. The highest BCUT2D eigenvalue weighted by Crippen LogP contribution is 2.49. The van der Waals surface area contributed by atoms with E-state index in [1.165, 1.54) is 12.1 Å². The molecule has 8 N–H and O–H groups in total.